The number of imide groups is 1. The normalized spacial score (nSPS) is 17.8. The minimum absolute atomic E-state index is 0.0452. The van der Waals surface area contributed by atoms with Gasteiger partial charge in [0, 0.05) is 19.2 Å². The molecule has 4 rings (SSSR count). The van der Waals surface area contributed by atoms with Crippen molar-refractivity contribution >= 4 is 40.4 Å². The number of carbonyl (C=O) groups excluding carboxylic acids is 2. The maximum atomic E-state index is 12.7. The Morgan fingerprint density at radius 3 is 2.59 bits per heavy atom. The summed E-state index contributed by atoms with van der Waals surface area (Å²) in [5.74, 6) is 0.222. The third-order valence-electron chi connectivity index (χ3n) is 5.05. The molecule has 10 heteroatoms. The zero-order valence-electron chi connectivity index (χ0n) is 17.1. The molecule has 2 aromatic carbocycles. The molecule has 9 nitrogen and oxygen atoms in total. The maximum absolute atomic E-state index is 12.7. The molecular weight excluding hydrogens is 434 g/mol. The minimum atomic E-state index is -0.436. The summed E-state index contributed by atoms with van der Waals surface area (Å²) in [5, 5.41) is 11.2. The standard InChI is InChI=1S/C22H21N3O6S/c26-21-20(32-22(27)24(21)10-13-31-17-4-2-1-3-5-17)15-16-6-7-18(19(14-16)25(28)29)23-8-11-30-12-9-23/h1-7,14-15H,8-13H2/b20-15-. The SMILES string of the molecule is O=C1S/C(=C\c2ccc(N3CCOCC3)c([N+](=O)[O-])c2)C(=O)N1CCOc1ccccc1. The number of ether oxygens (including phenoxy) is 2. The van der Waals surface area contributed by atoms with Crippen molar-refractivity contribution in [2.45, 2.75) is 0 Å². The van der Waals surface area contributed by atoms with Gasteiger partial charge in [0.2, 0.25) is 0 Å². The van der Waals surface area contributed by atoms with E-state index in [0.717, 1.165) is 16.7 Å². The van der Waals surface area contributed by atoms with Gasteiger partial charge < -0.3 is 14.4 Å². The molecule has 0 unspecified atom stereocenters. The molecule has 0 aliphatic carbocycles. The quantitative estimate of drug-likeness (QED) is 0.355. The fraction of sp³-hybridized carbons (Fsp3) is 0.273. The van der Waals surface area contributed by atoms with E-state index in [1.807, 2.05) is 23.1 Å². The Hall–Kier alpha value is -3.37. The lowest BCUT2D eigenvalue weighted by Gasteiger charge is -2.28. The molecular formula is C22H21N3O6S. The number of morpholine rings is 1. The maximum Gasteiger partial charge on any atom is 0.293 e. The number of nitrogens with zero attached hydrogens (tertiary/aromatic N) is 3. The molecule has 0 saturated carbocycles. The van der Waals surface area contributed by atoms with E-state index in [1.165, 1.54) is 12.1 Å². The van der Waals surface area contributed by atoms with Crippen LogP contribution in [0.15, 0.2) is 53.4 Å². The van der Waals surface area contributed by atoms with Crippen molar-refractivity contribution in [3.8, 4) is 5.75 Å². The van der Waals surface area contributed by atoms with Gasteiger partial charge in [0.25, 0.3) is 16.8 Å². The van der Waals surface area contributed by atoms with Gasteiger partial charge in [-0.25, -0.2) is 0 Å². The van der Waals surface area contributed by atoms with Gasteiger partial charge in [-0.1, -0.05) is 24.3 Å². The number of thioether (sulfide) groups is 1. The summed E-state index contributed by atoms with van der Waals surface area (Å²) in [6.07, 6.45) is 1.51. The second-order valence-corrected chi connectivity index (χ2v) is 8.09. The first kappa shape index (κ1) is 21.8. The Bertz CT molecular complexity index is 1050. The van der Waals surface area contributed by atoms with Crippen LogP contribution in [0.2, 0.25) is 0 Å². The third-order valence-corrected chi connectivity index (χ3v) is 5.95. The van der Waals surface area contributed by atoms with Gasteiger partial charge in [-0.2, -0.15) is 0 Å². The molecule has 2 fully saturated rings. The van der Waals surface area contributed by atoms with Crippen molar-refractivity contribution in [2.24, 2.45) is 0 Å². The number of nitro benzene ring substituents is 1. The van der Waals surface area contributed by atoms with Crippen LogP contribution in [0.5, 0.6) is 5.75 Å². The van der Waals surface area contributed by atoms with Crippen molar-refractivity contribution in [3.63, 3.8) is 0 Å². The number of para-hydroxylation sites is 1. The van der Waals surface area contributed by atoms with Crippen molar-refractivity contribution in [2.75, 3.05) is 44.4 Å². The Balaban J connectivity index is 1.47. The third kappa shape index (κ3) is 4.92. The molecule has 0 aromatic heterocycles. The predicted octanol–water partition coefficient (Wildman–Crippen LogP) is 3.55. The van der Waals surface area contributed by atoms with E-state index in [9.17, 15) is 19.7 Å². The summed E-state index contributed by atoms with van der Waals surface area (Å²) in [6.45, 7) is 2.47. The zero-order valence-corrected chi connectivity index (χ0v) is 18.0. The lowest BCUT2D eigenvalue weighted by molar-refractivity contribution is -0.384. The van der Waals surface area contributed by atoms with Crippen molar-refractivity contribution in [1.29, 1.82) is 0 Å². The predicted molar refractivity (Wildman–Crippen MR) is 121 cm³/mol. The molecule has 0 spiro atoms. The van der Waals surface area contributed by atoms with E-state index in [2.05, 4.69) is 0 Å². The van der Waals surface area contributed by atoms with Crippen LogP contribution in [0.1, 0.15) is 5.56 Å². The number of rotatable bonds is 7. The summed E-state index contributed by atoms with van der Waals surface area (Å²) in [7, 11) is 0. The van der Waals surface area contributed by atoms with E-state index < -0.39 is 16.1 Å². The summed E-state index contributed by atoms with van der Waals surface area (Å²) < 4.78 is 10.9. The van der Waals surface area contributed by atoms with Crippen LogP contribution in [-0.4, -0.2) is 60.4 Å². The molecule has 2 heterocycles. The van der Waals surface area contributed by atoms with Crippen LogP contribution in [0.4, 0.5) is 16.2 Å². The first-order valence-corrected chi connectivity index (χ1v) is 10.9. The Kier molecular flexibility index (Phi) is 6.72. The number of hydrogen-bond acceptors (Lipinski definition) is 8. The fourth-order valence-electron chi connectivity index (χ4n) is 3.46. The first-order valence-electron chi connectivity index (χ1n) is 10.1. The summed E-state index contributed by atoms with van der Waals surface area (Å²) in [5.41, 5.74) is 0.956. The second kappa shape index (κ2) is 9.84. The Labute approximate surface area is 188 Å². The summed E-state index contributed by atoms with van der Waals surface area (Å²) >= 11 is 0.816. The molecule has 0 N–H and O–H groups in total. The van der Waals surface area contributed by atoms with Crippen LogP contribution >= 0.6 is 11.8 Å². The minimum Gasteiger partial charge on any atom is -0.492 e. The number of nitro groups is 1. The topological polar surface area (TPSA) is 102 Å². The first-order chi connectivity index (χ1) is 15.5. The number of benzene rings is 2. The van der Waals surface area contributed by atoms with Gasteiger partial charge in [-0.15, -0.1) is 0 Å². The van der Waals surface area contributed by atoms with E-state index in [-0.39, 0.29) is 23.7 Å². The highest BCUT2D eigenvalue weighted by molar-refractivity contribution is 8.18. The van der Waals surface area contributed by atoms with Crippen LogP contribution in [0, 0.1) is 10.1 Å². The molecule has 32 heavy (non-hydrogen) atoms. The van der Waals surface area contributed by atoms with Gasteiger partial charge in [0.15, 0.2) is 0 Å². The number of amides is 2. The highest BCUT2D eigenvalue weighted by Gasteiger charge is 2.35. The number of hydrogen-bond donors (Lipinski definition) is 0. The second-order valence-electron chi connectivity index (χ2n) is 7.10. The average molecular weight is 455 g/mol. The van der Waals surface area contributed by atoms with Gasteiger partial charge in [0.1, 0.15) is 18.0 Å². The highest BCUT2D eigenvalue weighted by Crippen LogP contribution is 2.35. The molecule has 2 saturated heterocycles. The average Bonchev–Trinajstić information content (AvgIpc) is 3.07. The Morgan fingerprint density at radius 1 is 1.12 bits per heavy atom. The van der Waals surface area contributed by atoms with Crippen LogP contribution in [0.3, 0.4) is 0 Å². The van der Waals surface area contributed by atoms with Gasteiger partial charge >= 0.3 is 0 Å². The Morgan fingerprint density at radius 2 is 1.88 bits per heavy atom. The highest BCUT2D eigenvalue weighted by atomic mass is 32.2. The van der Waals surface area contributed by atoms with Crippen LogP contribution in [0.25, 0.3) is 6.08 Å². The van der Waals surface area contributed by atoms with E-state index in [0.29, 0.717) is 43.3 Å². The molecule has 2 amide bonds. The molecule has 2 aliphatic heterocycles. The molecule has 166 valence electrons. The zero-order chi connectivity index (χ0) is 22.5. The lowest BCUT2D eigenvalue weighted by atomic mass is 10.1. The van der Waals surface area contributed by atoms with Crippen molar-refractivity contribution in [1.82, 2.24) is 4.90 Å². The van der Waals surface area contributed by atoms with Crippen molar-refractivity contribution < 1.29 is 24.0 Å². The van der Waals surface area contributed by atoms with Gasteiger partial charge in [-0.3, -0.25) is 24.6 Å². The number of carbonyl (C=O) groups is 2. The van der Waals surface area contributed by atoms with Crippen molar-refractivity contribution in [3.05, 3.63) is 69.1 Å². The van der Waals surface area contributed by atoms with E-state index in [4.69, 9.17) is 9.47 Å². The van der Waals surface area contributed by atoms with E-state index in [1.54, 1.807) is 24.3 Å². The molecule has 2 aliphatic rings. The largest absolute Gasteiger partial charge is 0.492 e. The molecule has 0 radical (unpaired) electrons. The summed E-state index contributed by atoms with van der Waals surface area (Å²) in [4.78, 5) is 39.5. The molecule has 2 aromatic rings. The molecule has 0 atom stereocenters. The number of anilines is 1. The van der Waals surface area contributed by atoms with Crippen LogP contribution < -0.4 is 9.64 Å². The lowest BCUT2D eigenvalue weighted by Crippen LogP contribution is -2.36. The van der Waals surface area contributed by atoms with E-state index >= 15 is 0 Å². The monoisotopic (exact) mass is 455 g/mol. The fourth-order valence-corrected chi connectivity index (χ4v) is 4.33. The smallest absolute Gasteiger partial charge is 0.293 e. The van der Waals surface area contributed by atoms with Crippen LogP contribution in [-0.2, 0) is 9.53 Å². The van der Waals surface area contributed by atoms with Gasteiger partial charge in [-0.05, 0) is 41.6 Å². The van der Waals surface area contributed by atoms with Gasteiger partial charge in [0.05, 0.1) is 29.6 Å². The molecule has 0 bridgehead atoms. The summed E-state index contributed by atoms with van der Waals surface area (Å²) in [6, 6.07) is 13.9.